The quantitative estimate of drug-likeness (QED) is 0.606. The Bertz CT molecular complexity index is 1050. The van der Waals surface area contributed by atoms with Gasteiger partial charge in [0.25, 0.3) is 0 Å². The van der Waals surface area contributed by atoms with Crippen LogP contribution in [0.25, 0.3) is 5.65 Å². The summed E-state index contributed by atoms with van der Waals surface area (Å²) in [5, 5.41) is 4.32. The lowest BCUT2D eigenvalue weighted by Gasteiger charge is -2.21. The molecule has 144 valence electrons. The van der Waals surface area contributed by atoms with Crippen molar-refractivity contribution in [2.75, 3.05) is 25.1 Å². The van der Waals surface area contributed by atoms with E-state index < -0.39 is 0 Å². The van der Waals surface area contributed by atoms with Gasteiger partial charge in [0.15, 0.2) is 5.65 Å². The standard InChI is InChI=1S/C20H20FN5O2/c1-3-19(27)25-8-9-28-17-5-4-16(21)10-14(17)12-24(2)18-6-7-26-20(23-18)15(13-25)11-22-26/h3-7,10-11H,1,8-9,12-13H2,2H3. The Morgan fingerprint density at radius 1 is 1.29 bits per heavy atom. The van der Waals surface area contributed by atoms with E-state index in [0.717, 1.165) is 5.56 Å². The van der Waals surface area contributed by atoms with Crippen LogP contribution in [0.4, 0.5) is 10.2 Å². The van der Waals surface area contributed by atoms with E-state index in [-0.39, 0.29) is 18.3 Å². The lowest BCUT2D eigenvalue weighted by molar-refractivity contribution is -0.127. The molecule has 0 N–H and O–H groups in total. The van der Waals surface area contributed by atoms with Crippen LogP contribution in [-0.4, -0.2) is 45.6 Å². The van der Waals surface area contributed by atoms with Crippen molar-refractivity contribution in [2.24, 2.45) is 0 Å². The maximum atomic E-state index is 13.8. The minimum Gasteiger partial charge on any atom is -0.491 e. The molecule has 0 radical (unpaired) electrons. The van der Waals surface area contributed by atoms with Crippen LogP contribution in [0.15, 0.2) is 49.3 Å². The van der Waals surface area contributed by atoms with E-state index in [4.69, 9.17) is 9.72 Å². The van der Waals surface area contributed by atoms with Crippen LogP contribution in [-0.2, 0) is 17.9 Å². The van der Waals surface area contributed by atoms with Crippen LogP contribution in [0.5, 0.6) is 5.75 Å². The van der Waals surface area contributed by atoms with Crippen LogP contribution < -0.4 is 9.64 Å². The van der Waals surface area contributed by atoms with Crippen LogP contribution in [0.3, 0.4) is 0 Å². The van der Waals surface area contributed by atoms with Crippen molar-refractivity contribution in [3.63, 3.8) is 0 Å². The molecule has 3 aromatic rings. The largest absolute Gasteiger partial charge is 0.491 e. The van der Waals surface area contributed by atoms with Crippen LogP contribution in [0.2, 0.25) is 0 Å². The van der Waals surface area contributed by atoms with Gasteiger partial charge in [-0.2, -0.15) is 5.10 Å². The third kappa shape index (κ3) is 3.40. The SMILES string of the molecule is C=CC(=O)N1CCOc2ccc(F)cc2CN(C)c2ccn3ncc(c3n2)C1. The third-order valence-electron chi connectivity index (χ3n) is 4.71. The Morgan fingerprint density at radius 2 is 2.14 bits per heavy atom. The summed E-state index contributed by atoms with van der Waals surface area (Å²) in [6.45, 7) is 4.98. The first-order valence-electron chi connectivity index (χ1n) is 8.92. The van der Waals surface area contributed by atoms with Crippen molar-refractivity contribution < 1.29 is 13.9 Å². The molecule has 1 aromatic carbocycles. The summed E-state index contributed by atoms with van der Waals surface area (Å²) < 4.78 is 21.4. The highest BCUT2D eigenvalue weighted by molar-refractivity contribution is 5.87. The molecule has 0 spiro atoms. The topological polar surface area (TPSA) is 63.0 Å². The Hall–Kier alpha value is -3.42. The minimum atomic E-state index is -0.329. The number of fused-ring (bicyclic) bond motifs is 2. The van der Waals surface area contributed by atoms with Crippen molar-refractivity contribution in [3.05, 3.63) is 66.3 Å². The highest BCUT2D eigenvalue weighted by Crippen LogP contribution is 2.24. The number of aromatic nitrogens is 3. The molecule has 1 amide bonds. The average molecular weight is 381 g/mol. The summed E-state index contributed by atoms with van der Waals surface area (Å²) >= 11 is 0. The number of carbonyl (C=O) groups excluding carboxylic acids is 1. The molecular formula is C20H20FN5O2. The van der Waals surface area contributed by atoms with Gasteiger partial charge in [0, 0.05) is 30.9 Å². The van der Waals surface area contributed by atoms with Gasteiger partial charge < -0.3 is 14.5 Å². The molecule has 4 rings (SSSR count). The van der Waals surface area contributed by atoms with Crippen LogP contribution in [0.1, 0.15) is 11.1 Å². The van der Waals surface area contributed by atoms with Gasteiger partial charge in [-0.15, -0.1) is 0 Å². The number of hydrogen-bond acceptors (Lipinski definition) is 5. The highest BCUT2D eigenvalue weighted by atomic mass is 19.1. The van der Waals surface area contributed by atoms with E-state index in [1.807, 2.05) is 24.2 Å². The summed E-state index contributed by atoms with van der Waals surface area (Å²) in [4.78, 5) is 20.6. The second kappa shape index (κ2) is 7.30. The summed E-state index contributed by atoms with van der Waals surface area (Å²) in [7, 11) is 1.89. The predicted molar refractivity (Wildman–Crippen MR) is 103 cm³/mol. The zero-order valence-corrected chi connectivity index (χ0v) is 15.5. The minimum absolute atomic E-state index is 0.203. The number of carbonyl (C=O) groups is 1. The number of amides is 1. The average Bonchev–Trinajstić information content (AvgIpc) is 3.09. The molecule has 8 heteroatoms. The fraction of sp³-hybridized carbons (Fsp3) is 0.250. The number of halogens is 1. The lowest BCUT2D eigenvalue weighted by Crippen LogP contribution is -2.33. The van der Waals surface area contributed by atoms with Gasteiger partial charge in [0.2, 0.25) is 5.91 Å². The molecule has 0 fully saturated rings. The number of hydrogen-bond donors (Lipinski definition) is 0. The van der Waals surface area contributed by atoms with Gasteiger partial charge in [-0.25, -0.2) is 13.9 Å². The van der Waals surface area contributed by atoms with Crippen molar-refractivity contribution >= 4 is 17.4 Å². The second-order valence-electron chi connectivity index (χ2n) is 6.64. The second-order valence-corrected chi connectivity index (χ2v) is 6.64. The molecule has 2 bridgehead atoms. The molecule has 0 unspecified atom stereocenters. The normalized spacial score (nSPS) is 14.6. The third-order valence-corrected chi connectivity index (χ3v) is 4.71. The van der Waals surface area contributed by atoms with Crippen molar-refractivity contribution in [1.29, 1.82) is 0 Å². The number of rotatable bonds is 1. The van der Waals surface area contributed by atoms with Crippen LogP contribution in [0, 0.1) is 5.82 Å². The van der Waals surface area contributed by atoms with Gasteiger partial charge in [0.05, 0.1) is 19.3 Å². The molecule has 28 heavy (non-hydrogen) atoms. The van der Waals surface area contributed by atoms with Gasteiger partial charge in [-0.1, -0.05) is 6.58 Å². The van der Waals surface area contributed by atoms with E-state index in [1.54, 1.807) is 21.7 Å². The van der Waals surface area contributed by atoms with E-state index in [1.165, 1.54) is 18.2 Å². The molecule has 2 aromatic heterocycles. The molecular weight excluding hydrogens is 361 g/mol. The van der Waals surface area contributed by atoms with Crippen molar-refractivity contribution in [3.8, 4) is 5.75 Å². The maximum Gasteiger partial charge on any atom is 0.246 e. The van der Waals surface area contributed by atoms with Crippen molar-refractivity contribution in [2.45, 2.75) is 13.1 Å². The van der Waals surface area contributed by atoms with E-state index in [2.05, 4.69) is 11.7 Å². The first kappa shape index (κ1) is 18.0. The van der Waals surface area contributed by atoms with Gasteiger partial charge in [-0.3, -0.25) is 4.79 Å². The van der Waals surface area contributed by atoms with Crippen molar-refractivity contribution in [1.82, 2.24) is 19.5 Å². The predicted octanol–water partition coefficient (Wildman–Crippen LogP) is 2.41. The van der Waals surface area contributed by atoms with Gasteiger partial charge in [0.1, 0.15) is 24.0 Å². The molecule has 0 atom stereocenters. The van der Waals surface area contributed by atoms with Gasteiger partial charge in [-0.05, 0) is 30.3 Å². The van der Waals surface area contributed by atoms with Crippen LogP contribution >= 0.6 is 0 Å². The Labute approximate surface area is 161 Å². The summed E-state index contributed by atoms with van der Waals surface area (Å²) in [6.07, 6.45) is 4.81. The highest BCUT2D eigenvalue weighted by Gasteiger charge is 2.18. The van der Waals surface area contributed by atoms with E-state index >= 15 is 0 Å². The molecule has 0 saturated heterocycles. The van der Waals surface area contributed by atoms with E-state index in [9.17, 15) is 9.18 Å². The Balaban J connectivity index is 1.80. The molecule has 1 aliphatic heterocycles. The zero-order valence-electron chi connectivity index (χ0n) is 15.5. The Morgan fingerprint density at radius 3 is 2.96 bits per heavy atom. The number of ether oxygens (including phenoxy) is 1. The smallest absolute Gasteiger partial charge is 0.246 e. The van der Waals surface area contributed by atoms with Gasteiger partial charge >= 0.3 is 0 Å². The van der Waals surface area contributed by atoms with E-state index in [0.29, 0.717) is 42.4 Å². The number of nitrogens with zero attached hydrogens (tertiary/aromatic N) is 5. The monoisotopic (exact) mass is 381 g/mol. The fourth-order valence-corrected chi connectivity index (χ4v) is 3.25. The summed E-state index contributed by atoms with van der Waals surface area (Å²) in [6, 6.07) is 6.28. The maximum absolute atomic E-state index is 13.8. The zero-order chi connectivity index (χ0) is 19.7. The molecule has 0 aliphatic carbocycles. The fourth-order valence-electron chi connectivity index (χ4n) is 3.25. The summed E-state index contributed by atoms with van der Waals surface area (Å²) in [5.74, 6) is 0.767. The number of anilines is 1. The lowest BCUT2D eigenvalue weighted by atomic mass is 10.2. The molecule has 7 nitrogen and oxygen atoms in total. The molecule has 0 saturated carbocycles. The first-order valence-corrected chi connectivity index (χ1v) is 8.92. The Kier molecular flexibility index (Phi) is 4.68. The first-order chi connectivity index (χ1) is 13.5. The summed E-state index contributed by atoms with van der Waals surface area (Å²) in [5.41, 5.74) is 2.21. The number of benzene rings is 1. The molecule has 3 heterocycles. The molecule has 1 aliphatic rings.